The van der Waals surface area contributed by atoms with E-state index in [2.05, 4.69) is 24.0 Å². The number of hydrogen-bond acceptors (Lipinski definition) is 1. The summed E-state index contributed by atoms with van der Waals surface area (Å²) < 4.78 is 0. The highest BCUT2D eigenvalue weighted by Gasteiger charge is 2.17. The molecule has 94 valence electrons. The Bertz CT molecular complexity index is 499. The summed E-state index contributed by atoms with van der Waals surface area (Å²) in [6.07, 6.45) is 4.29. The van der Waals surface area contributed by atoms with Gasteiger partial charge in [-0.05, 0) is 29.5 Å². The highest BCUT2D eigenvalue weighted by molar-refractivity contribution is 6.31. The van der Waals surface area contributed by atoms with Gasteiger partial charge in [-0.25, -0.2) is 0 Å². The Morgan fingerprint density at radius 1 is 1.17 bits per heavy atom. The van der Waals surface area contributed by atoms with E-state index in [4.69, 9.17) is 23.2 Å². The largest absolute Gasteiger partial charge is 0.263 e. The number of alkyl halides is 1. The molecular weight excluding hydrogens is 265 g/mol. The van der Waals surface area contributed by atoms with Gasteiger partial charge in [-0.2, -0.15) is 0 Å². The van der Waals surface area contributed by atoms with Gasteiger partial charge in [-0.15, -0.1) is 11.6 Å². The molecule has 0 N–H and O–H groups in total. The normalized spacial score (nSPS) is 14.2. The maximum absolute atomic E-state index is 6.50. The lowest BCUT2D eigenvalue weighted by Crippen LogP contribution is -2.08. The zero-order valence-corrected chi connectivity index (χ0v) is 11.7. The van der Waals surface area contributed by atoms with E-state index in [9.17, 15) is 0 Å². The lowest BCUT2D eigenvalue weighted by molar-refractivity contribution is 0.558. The Morgan fingerprint density at radius 3 is 2.56 bits per heavy atom. The Balaban J connectivity index is 2.09. The van der Waals surface area contributed by atoms with E-state index in [1.165, 1.54) is 0 Å². The van der Waals surface area contributed by atoms with E-state index >= 15 is 0 Å². The minimum atomic E-state index is -0.00423. The van der Waals surface area contributed by atoms with Crippen LogP contribution in [0.4, 0.5) is 0 Å². The fraction of sp³-hybridized carbons (Fsp3) is 0.267. The molecule has 0 bridgehead atoms. The predicted octanol–water partition coefficient (Wildman–Crippen LogP) is 4.89. The van der Waals surface area contributed by atoms with Crippen LogP contribution in [-0.2, 0) is 6.42 Å². The first-order chi connectivity index (χ1) is 8.68. The quantitative estimate of drug-likeness (QED) is 0.726. The van der Waals surface area contributed by atoms with Gasteiger partial charge in [-0.3, -0.25) is 4.98 Å². The van der Waals surface area contributed by atoms with Crippen LogP contribution in [0.2, 0.25) is 5.02 Å². The van der Waals surface area contributed by atoms with Crippen LogP contribution in [0.5, 0.6) is 0 Å². The summed E-state index contributed by atoms with van der Waals surface area (Å²) in [5.41, 5.74) is 2.25. The first-order valence-corrected chi connectivity index (χ1v) is 6.77. The second-order valence-electron chi connectivity index (χ2n) is 4.46. The molecule has 0 aliphatic rings. The van der Waals surface area contributed by atoms with E-state index in [-0.39, 0.29) is 5.38 Å². The third kappa shape index (κ3) is 3.24. The molecule has 2 atom stereocenters. The van der Waals surface area contributed by atoms with Crippen molar-refractivity contribution in [2.75, 3.05) is 0 Å². The summed E-state index contributed by atoms with van der Waals surface area (Å²) in [5, 5.41) is 0.705. The smallest absolute Gasteiger partial charge is 0.0621 e. The number of nitrogens with zero attached hydrogens (tertiary/aromatic N) is 1. The highest BCUT2D eigenvalue weighted by atomic mass is 35.5. The maximum Gasteiger partial charge on any atom is 0.0621 e. The third-order valence-corrected chi connectivity index (χ3v) is 4.04. The van der Waals surface area contributed by atoms with Gasteiger partial charge in [-0.1, -0.05) is 48.9 Å². The van der Waals surface area contributed by atoms with Crippen LogP contribution in [0, 0.1) is 5.92 Å². The zero-order chi connectivity index (χ0) is 13.0. The zero-order valence-electron chi connectivity index (χ0n) is 10.2. The number of aromatic nitrogens is 1. The van der Waals surface area contributed by atoms with Crippen molar-refractivity contribution < 1.29 is 0 Å². The van der Waals surface area contributed by atoms with Crippen LogP contribution in [0.25, 0.3) is 0 Å². The minimum absolute atomic E-state index is 0.00423. The van der Waals surface area contributed by atoms with Crippen molar-refractivity contribution in [3.63, 3.8) is 0 Å². The summed E-state index contributed by atoms with van der Waals surface area (Å²) in [4.78, 5) is 3.99. The maximum atomic E-state index is 6.50. The van der Waals surface area contributed by atoms with Crippen molar-refractivity contribution in [2.24, 2.45) is 5.92 Å². The van der Waals surface area contributed by atoms with E-state index in [0.29, 0.717) is 10.9 Å². The molecule has 1 nitrogen and oxygen atoms in total. The molecule has 0 saturated carbocycles. The van der Waals surface area contributed by atoms with Crippen LogP contribution in [0.3, 0.4) is 0 Å². The highest BCUT2D eigenvalue weighted by Crippen LogP contribution is 2.32. The molecule has 2 aromatic rings. The van der Waals surface area contributed by atoms with Crippen LogP contribution in [0.15, 0.2) is 48.8 Å². The summed E-state index contributed by atoms with van der Waals surface area (Å²) in [6.45, 7) is 2.14. The van der Waals surface area contributed by atoms with Crippen molar-refractivity contribution in [3.8, 4) is 0 Å². The van der Waals surface area contributed by atoms with Crippen LogP contribution in [0.1, 0.15) is 23.4 Å². The second-order valence-corrected chi connectivity index (χ2v) is 5.34. The average molecular weight is 280 g/mol. The second kappa shape index (κ2) is 6.21. The van der Waals surface area contributed by atoms with Crippen molar-refractivity contribution in [3.05, 3.63) is 64.9 Å². The lowest BCUT2D eigenvalue weighted by atomic mass is 9.94. The molecule has 0 saturated heterocycles. The molecule has 0 amide bonds. The molecule has 0 fully saturated rings. The van der Waals surface area contributed by atoms with E-state index in [1.54, 1.807) is 12.4 Å². The Hall–Kier alpha value is -1.05. The number of benzene rings is 1. The summed E-state index contributed by atoms with van der Waals surface area (Å²) in [6, 6.07) is 12.1. The van der Waals surface area contributed by atoms with E-state index < -0.39 is 0 Å². The summed E-state index contributed by atoms with van der Waals surface area (Å²) in [5.74, 6) is 0.314. The molecule has 1 aromatic carbocycles. The first-order valence-electron chi connectivity index (χ1n) is 5.96. The molecule has 0 spiro atoms. The first kappa shape index (κ1) is 13.4. The van der Waals surface area contributed by atoms with Crippen molar-refractivity contribution in [1.29, 1.82) is 0 Å². The van der Waals surface area contributed by atoms with Gasteiger partial charge in [0.1, 0.15) is 0 Å². The minimum Gasteiger partial charge on any atom is -0.263 e. The van der Waals surface area contributed by atoms with Gasteiger partial charge >= 0.3 is 0 Å². The Labute approximate surface area is 118 Å². The van der Waals surface area contributed by atoms with Gasteiger partial charge in [0.05, 0.1) is 10.4 Å². The van der Waals surface area contributed by atoms with Crippen molar-refractivity contribution in [2.45, 2.75) is 18.7 Å². The molecule has 2 unspecified atom stereocenters. The van der Waals surface area contributed by atoms with E-state index in [1.807, 2.05) is 24.3 Å². The molecule has 3 heteroatoms. The molecular formula is C15H15Cl2N. The molecule has 1 aromatic heterocycles. The number of halogens is 2. The fourth-order valence-electron chi connectivity index (χ4n) is 1.99. The molecule has 2 rings (SSSR count). The molecule has 1 heterocycles. The Kier molecular flexibility index (Phi) is 4.62. The molecule has 0 aliphatic carbocycles. The van der Waals surface area contributed by atoms with Crippen molar-refractivity contribution >= 4 is 23.2 Å². The summed E-state index contributed by atoms with van der Waals surface area (Å²) in [7, 11) is 0. The molecule has 0 radical (unpaired) electrons. The topological polar surface area (TPSA) is 12.9 Å². The van der Waals surface area contributed by atoms with Crippen LogP contribution in [-0.4, -0.2) is 4.98 Å². The third-order valence-electron chi connectivity index (χ3n) is 3.02. The Morgan fingerprint density at radius 2 is 1.89 bits per heavy atom. The number of pyridine rings is 1. The number of hydrogen-bond donors (Lipinski definition) is 0. The van der Waals surface area contributed by atoms with E-state index in [0.717, 1.165) is 17.5 Å². The standard InChI is InChI=1S/C15H15Cl2N/c1-11(9-13-7-8-18-10-14(13)16)15(17)12-5-3-2-4-6-12/h2-8,10-11,15H,9H2,1H3. The van der Waals surface area contributed by atoms with Gasteiger partial charge in [0, 0.05) is 12.4 Å². The van der Waals surface area contributed by atoms with Gasteiger partial charge < -0.3 is 0 Å². The van der Waals surface area contributed by atoms with Gasteiger partial charge in [0.25, 0.3) is 0 Å². The SMILES string of the molecule is CC(Cc1ccncc1Cl)C(Cl)c1ccccc1. The van der Waals surface area contributed by atoms with Crippen molar-refractivity contribution in [1.82, 2.24) is 4.98 Å². The molecule has 18 heavy (non-hydrogen) atoms. The lowest BCUT2D eigenvalue weighted by Gasteiger charge is -2.18. The molecule has 0 aliphatic heterocycles. The van der Waals surface area contributed by atoms with Gasteiger partial charge in [0.2, 0.25) is 0 Å². The number of rotatable bonds is 4. The van der Waals surface area contributed by atoms with Gasteiger partial charge in [0.15, 0.2) is 0 Å². The monoisotopic (exact) mass is 279 g/mol. The van der Waals surface area contributed by atoms with Crippen LogP contribution >= 0.6 is 23.2 Å². The summed E-state index contributed by atoms with van der Waals surface area (Å²) >= 11 is 12.6. The average Bonchev–Trinajstić information content (AvgIpc) is 2.41. The van der Waals surface area contributed by atoms with Crippen LogP contribution < -0.4 is 0 Å². The predicted molar refractivity (Wildman–Crippen MR) is 77.2 cm³/mol. The fourth-order valence-corrected chi connectivity index (χ4v) is 2.42.